The molecule has 4 heteroatoms. The topological polar surface area (TPSA) is 42.2 Å². The minimum Gasteiger partial charge on any atom is -0.326 e. The van der Waals surface area contributed by atoms with Crippen molar-refractivity contribution in [3.8, 4) is 0 Å². The summed E-state index contributed by atoms with van der Waals surface area (Å²) >= 11 is 1.65. The smallest absolute Gasteiger partial charge is 0.190 e. The van der Waals surface area contributed by atoms with Crippen molar-refractivity contribution < 1.29 is 0 Å². The summed E-state index contributed by atoms with van der Waals surface area (Å²) < 4.78 is 0. The molecule has 0 unspecified atom stereocenters. The normalized spacial score (nSPS) is 10.4. The molecule has 1 heterocycles. The van der Waals surface area contributed by atoms with Crippen molar-refractivity contribution in [1.29, 1.82) is 0 Å². The van der Waals surface area contributed by atoms with Crippen LogP contribution in [0.25, 0.3) is 0 Å². The fraction of sp³-hybridized carbons (Fsp3) is 0.250. The van der Waals surface area contributed by atoms with E-state index in [-0.39, 0.29) is 0 Å². The predicted molar refractivity (Wildman–Crippen MR) is 69.1 cm³/mol. The number of nitrogens with zero attached hydrogens (tertiary/aromatic N) is 2. The summed E-state index contributed by atoms with van der Waals surface area (Å²) in [6.45, 7) is 3.59. The average molecular weight is 233 g/mol. The first kappa shape index (κ1) is 11.1. The number of para-hydroxylation sites is 1. The third-order valence-corrected chi connectivity index (χ3v) is 3.40. The standard InChI is InChI=1S/C12H15N3S/c1-2-15(10-6-4-3-5-7-10)12-14-9-11(8-13)16-12/h3-7,9H,2,8,13H2,1H3. The molecule has 84 valence electrons. The van der Waals surface area contributed by atoms with Crippen LogP contribution in [0.15, 0.2) is 36.5 Å². The highest BCUT2D eigenvalue weighted by molar-refractivity contribution is 7.15. The number of rotatable bonds is 4. The van der Waals surface area contributed by atoms with Crippen LogP contribution in [-0.4, -0.2) is 11.5 Å². The maximum absolute atomic E-state index is 5.60. The van der Waals surface area contributed by atoms with Crippen LogP contribution < -0.4 is 10.6 Å². The Balaban J connectivity index is 2.29. The summed E-state index contributed by atoms with van der Waals surface area (Å²) in [5, 5.41) is 1.01. The summed E-state index contributed by atoms with van der Waals surface area (Å²) in [6.07, 6.45) is 1.85. The zero-order valence-electron chi connectivity index (χ0n) is 9.26. The number of benzene rings is 1. The third-order valence-electron chi connectivity index (χ3n) is 2.36. The number of thiazole rings is 1. The van der Waals surface area contributed by atoms with Crippen LogP contribution >= 0.6 is 11.3 Å². The lowest BCUT2D eigenvalue weighted by molar-refractivity contribution is 1.01. The summed E-state index contributed by atoms with van der Waals surface area (Å²) in [7, 11) is 0. The molecule has 2 N–H and O–H groups in total. The molecule has 3 nitrogen and oxygen atoms in total. The fourth-order valence-corrected chi connectivity index (χ4v) is 2.43. The van der Waals surface area contributed by atoms with Gasteiger partial charge in [-0.3, -0.25) is 0 Å². The molecule has 0 aliphatic rings. The molecule has 2 aromatic rings. The molecule has 1 aromatic carbocycles. The fourth-order valence-electron chi connectivity index (χ4n) is 1.55. The van der Waals surface area contributed by atoms with Crippen molar-refractivity contribution in [3.05, 3.63) is 41.4 Å². The van der Waals surface area contributed by atoms with E-state index in [0.29, 0.717) is 6.54 Å². The first-order chi connectivity index (χ1) is 7.85. The van der Waals surface area contributed by atoms with E-state index >= 15 is 0 Å². The highest BCUT2D eigenvalue weighted by Crippen LogP contribution is 2.28. The highest BCUT2D eigenvalue weighted by atomic mass is 32.1. The Morgan fingerprint density at radius 2 is 2.06 bits per heavy atom. The van der Waals surface area contributed by atoms with E-state index in [1.54, 1.807) is 11.3 Å². The van der Waals surface area contributed by atoms with Gasteiger partial charge in [0.25, 0.3) is 0 Å². The molecule has 0 aliphatic heterocycles. The maximum atomic E-state index is 5.60. The van der Waals surface area contributed by atoms with Gasteiger partial charge in [-0.1, -0.05) is 18.2 Å². The molecule has 0 amide bonds. The van der Waals surface area contributed by atoms with Crippen molar-refractivity contribution in [2.75, 3.05) is 11.4 Å². The van der Waals surface area contributed by atoms with Gasteiger partial charge in [0.2, 0.25) is 0 Å². The van der Waals surface area contributed by atoms with Gasteiger partial charge in [0.05, 0.1) is 0 Å². The second-order valence-corrected chi connectivity index (χ2v) is 4.49. The minimum absolute atomic E-state index is 0.560. The monoisotopic (exact) mass is 233 g/mol. The number of hydrogen-bond donors (Lipinski definition) is 1. The average Bonchev–Trinajstić information content (AvgIpc) is 2.80. The van der Waals surface area contributed by atoms with E-state index in [4.69, 9.17) is 5.73 Å². The SMILES string of the molecule is CCN(c1ccccc1)c1ncc(CN)s1. The second kappa shape index (κ2) is 5.09. The molecular formula is C12H15N3S. The molecule has 0 radical (unpaired) electrons. The molecule has 0 saturated carbocycles. The minimum atomic E-state index is 0.560. The van der Waals surface area contributed by atoms with Crippen molar-refractivity contribution in [2.45, 2.75) is 13.5 Å². The van der Waals surface area contributed by atoms with Gasteiger partial charge in [-0.25, -0.2) is 4.98 Å². The van der Waals surface area contributed by atoms with E-state index < -0.39 is 0 Å². The summed E-state index contributed by atoms with van der Waals surface area (Å²) in [5.41, 5.74) is 6.76. The quantitative estimate of drug-likeness (QED) is 0.883. The third kappa shape index (κ3) is 2.23. The van der Waals surface area contributed by atoms with Crippen molar-refractivity contribution >= 4 is 22.2 Å². The van der Waals surface area contributed by atoms with E-state index in [2.05, 4.69) is 28.9 Å². The molecule has 2 rings (SSSR count). The van der Waals surface area contributed by atoms with Gasteiger partial charge >= 0.3 is 0 Å². The van der Waals surface area contributed by atoms with Gasteiger partial charge in [0.15, 0.2) is 5.13 Å². The van der Waals surface area contributed by atoms with Gasteiger partial charge in [-0.2, -0.15) is 0 Å². The Labute approximate surface area is 99.5 Å². The Hall–Kier alpha value is -1.39. The number of hydrogen-bond acceptors (Lipinski definition) is 4. The van der Waals surface area contributed by atoms with E-state index in [0.717, 1.165) is 16.6 Å². The van der Waals surface area contributed by atoms with Crippen molar-refractivity contribution in [1.82, 2.24) is 4.98 Å². The van der Waals surface area contributed by atoms with Crippen molar-refractivity contribution in [2.24, 2.45) is 5.73 Å². The van der Waals surface area contributed by atoms with E-state index in [1.165, 1.54) is 5.69 Å². The van der Waals surface area contributed by atoms with Crippen LogP contribution in [-0.2, 0) is 6.54 Å². The molecule has 0 aliphatic carbocycles. The lowest BCUT2D eigenvalue weighted by atomic mass is 10.3. The molecule has 0 fully saturated rings. The van der Waals surface area contributed by atoms with Crippen LogP contribution in [0.4, 0.5) is 10.8 Å². The van der Waals surface area contributed by atoms with Crippen molar-refractivity contribution in [3.63, 3.8) is 0 Å². The number of anilines is 2. The first-order valence-electron chi connectivity index (χ1n) is 5.32. The summed E-state index contributed by atoms with van der Waals surface area (Å²) in [6, 6.07) is 10.3. The van der Waals surface area contributed by atoms with Gasteiger partial charge in [0, 0.05) is 29.9 Å². The lowest BCUT2D eigenvalue weighted by Gasteiger charge is -2.19. The van der Waals surface area contributed by atoms with E-state index in [9.17, 15) is 0 Å². The summed E-state index contributed by atoms with van der Waals surface area (Å²) in [5.74, 6) is 0. The van der Waals surface area contributed by atoms with Gasteiger partial charge in [-0.05, 0) is 19.1 Å². The summed E-state index contributed by atoms with van der Waals surface area (Å²) in [4.78, 5) is 7.70. The Morgan fingerprint density at radius 3 is 2.62 bits per heavy atom. The van der Waals surface area contributed by atoms with Gasteiger partial charge < -0.3 is 10.6 Å². The maximum Gasteiger partial charge on any atom is 0.190 e. The Bertz CT molecular complexity index is 439. The lowest BCUT2D eigenvalue weighted by Crippen LogP contribution is -2.15. The molecular weight excluding hydrogens is 218 g/mol. The number of nitrogens with two attached hydrogens (primary N) is 1. The van der Waals surface area contributed by atoms with Crippen LogP contribution in [0.5, 0.6) is 0 Å². The largest absolute Gasteiger partial charge is 0.326 e. The Morgan fingerprint density at radius 1 is 1.31 bits per heavy atom. The molecule has 0 spiro atoms. The number of aromatic nitrogens is 1. The molecule has 0 bridgehead atoms. The molecule has 16 heavy (non-hydrogen) atoms. The zero-order valence-corrected chi connectivity index (χ0v) is 10.1. The van der Waals surface area contributed by atoms with Gasteiger partial charge in [0.1, 0.15) is 0 Å². The van der Waals surface area contributed by atoms with Crippen LogP contribution in [0.3, 0.4) is 0 Å². The van der Waals surface area contributed by atoms with Crippen LogP contribution in [0.2, 0.25) is 0 Å². The Kier molecular flexibility index (Phi) is 3.54. The van der Waals surface area contributed by atoms with Crippen LogP contribution in [0, 0.1) is 0 Å². The predicted octanol–water partition coefficient (Wildman–Crippen LogP) is 2.76. The highest BCUT2D eigenvalue weighted by Gasteiger charge is 2.10. The molecule has 0 saturated heterocycles. The molecule has 1 aromatic heterocycles. The second-order valence-electron chi connectivity index (χ2n) is 3.39. The zero-order chi connectivity index (χ0) is 11.4. The van der Waals surface area contributed by atoms with Crippen LogP contribution in [0.1, 0.15) is 11.8 Å². The first-order valence-corrected chi connectivity index (χ1v) is 6.14. The van der Waals surface area contributed by atoms with E-state index in [1.807, 2.05) is 24.4 Å². The van der Waals surface area contributed by atoms with Gasteiger partial charge in [-0.15, -0.1) is 11.3 Å². The molecule has 0 atom stereocenters.